The maximum Gasteiger partial charge on any atom is 0.226 e. The first-order chi connectivity index (χ1) is 13.1. The van der Waals surface area contributed by atoms with Crippen LogP contribution >= 0.6 is 0 Å². The molecule has 0 spiro atoms. The molecule has 1 aliphatic heterocycles. The van der Waals surface area contributed by atoms with Crippen molar-refractivity contribution < 1.29 is 14.3 Å². The normalized spacial score (nSPS) is 19.4. The summed E-state index contributed by atoms with van der Waals surface area (Å²) in [5.41, 5.74) is 1.30. The van der Waals surface area contributed by atoms with Crippen molar-refractivity contribution in [3.63, 3.8) is 0 Å². The minimum atomic E-state index is 0.199. The number of likely N-dealkylation sites (tertiary alicyclic amines) is 1. The van der Waals surface area contributed by atoms with E-state index in [9.17, 15) is 4.79 Å². The number of hydrogen-bond acceptors (Lipinski definition) is 3. The van der Waals surface area contributed by atoms with E-state index in [1.165, 1.54) is 37.7 Å². The zero-order valence-electron chi connectivity index (χ0n) is 17.0. The summed E-state index contributed by atoms with van der Waals surface area (Å²) in [5, 5.41) is 0. The quantitative estimate of drug-likeness (QED) is 0.681. The van der Waals surface area contributed by atoms with Crippen molar-refractivity contribution in [2.45, 2.75) is 83.3 Å². The second-order valence-electron chi connectivity index (χ2n) is 8.30. The Balaban J connectivity index is 1.33. The number of ether oxygens (including phenoxy) is 2. The van der Waals surface area contributed by atoms with Gasteiger partial charge in [0.15, 0.2) is 0 Å². The summed E-state index contributed by atoms with van der Waals surface area (Å²) in [7, 11) is 0. The average molecular weight is 374 g/mol. The molecule has 150 valence electrons. The van der Waals surface area contributed by atoms with E-state index < -0.39 is 0 Å². The molecule has 4 heteroatoms. The van der Waals surface area contributed by atoms with E-state index in [0.29, 0.717) is 31.2 Å². The van der Waals surface area contributed by atoms with Crippen LogP contribution in [0.25, 0.3) is 0 Å². The van der Waals surface area contributed by atoms with Gasteiger partial charge in [-0.15, -0.1) is 0 Å². The van der Waals surface area contributed by atoms with Crippen LogP contribution in [0.5, 0.6) is 5.75 Å². The van der Waals surface area contributed by atoms with E-state index in [-0.39, 0.29) is 5.91 Å². The van der Waals surface area contributed by atoms with Crippen LogP contribution in [0.2, 0.25) is 0 Å². The Labute approximate surface area is 164 Å². The van der Waals surface area contributed by atoms with Gasteiger partial charge in [0.1, 0.15) is 5.75 Å². The number of amides is 1. The van der Waals surface area contributed by atoms with E-state index in [1.807, 2.05) is 17.0 Å². The summed E-state index contributed by atoms with van der Waals surface area (Å²) in [6, 6.07) is 8.18. The van der Waals surface area contributed by atoms with E-state index in [2.05, 4.69) is 26.0 Å². The summed E-state index contributed by atoms with van der Waals surface area (Å²) < 4.78 is 12.0. The first-order valence-corrected chi connectivity index (χ1v) is 10.8. The zero-order chi connectivity index (χ0) is 19.1. The standard InChI is InChI=1S/C23H35NO3/c1-18(2)19-8-10-20(11-9-19)26-17-14-23(25)24-15-12-22(13-16-24)27-21-6-4-3-5-7-21/h8-11,18,21-22H,3-7,12-17H2,1-2H3. The number of rotatable bonds is 7. The van der Waals surface area contributed by atoms with Crippen LogP contribution in [-0.2, 0) is 9.53 Å². The fourth-order valence-corrected chi connectivity index (χ4v) is 4.08. The van der Waals surface area contributed by atoms with Crippen molar-refractivity contribution in [3.05, 3.63) is 29.8 Å². The SMILES string of the molecule is CC(C)c1ccc(OCCC(=O)N2CCC(OC3CCCCC3)CC2)cc1. The molecule has 1 amide bonds. The number of nitrogens with zero attached hydrogens (tertiary/aromatic N) is 1. The molecule has 0 unspecified atom stereocenters. The Morgan fingerprint density at radius 2 is 1.63 bits per heavy atom. The molecule has 0 N–H and O–H groups in total. The molecule has 1 aromatic rings. The van der Waals surface area contributed by atoms with Gasteiger partial charge in [0.25, 0.3) is 0 Å². The Morgan fingerprint density at radius 1 is 1.00 bits per heavy atom. The highest BCUT2D eigenvalue weighted by Gasteiger charge is 2.26. The molecule has 4 nitrogen and oxygen atoms in total. The molecule has 0 radical (unpaired) electrons. The van der Waals surface area contributed by atoms with Crippen molar-refractivity contribution in [2.75, 3.05) is 19.7 Å². The first-order valence-electron chi connectivity index (χ1n) is 10.8. The fourth-order valence-electron chi connectivity index (χ4n) is 4.08. The van der Waals surface area contributed by atoms with Crippen LogP contribution in [0.4, 0.5) is 0 Å². The van der Waals surface area contributed by atoms with Crippen LogP contribution < -0.4 is 4.74 Å². The highest BCUT2D eigenvalue weighted by molar-refractivity contribution is 5.76. The lowest BCUT2D eigenvalue weighted by Gasteiger charge is -2.35. The van der Waals surface area contributed by atoms with Gasteiger partial charge in [-0.05, 0) is 49.3 Å². The lowest BCUT2D eigenvalue weighted by Crippen LogP contribution is -2.42. The third-order valence-corrected chi connectivity index (χ3v) is 5.86. The van der Waals surface area contributed by atoms with Crippen molar-refractivity contribution >= 4 is 5.91 Å². The number of carbonyl (C=O) groups is 1. The molecule has 1 aliphatic carbocycles. The molecule has 0 bridgehead atoms. The van der Waals surface area contributed by atoms with Crippen LogP contribution in [0.15, 0.2) is 24.3 Å². The van der Waals surface area contributed by atoms with Gasteiger partial charge in [0.05, 0.1) is 25.2 Å². The smallest absolute Gasteiger partial charge is 0.226 e. The molecule has 0 atom stereocenters. The van der Waals surface area contributed by atoms with Crippen molar-refractivity contribution in [1.29, 1.82) is 0 Å². The molecule has 1 aromatic carbocycles. The molecule has 2 aliphatic rings. The summed E-state index contributed by atoms with van der Waals surface area (Å²) in [4.78, 5) is 14.4. The highest BCUT2D eigenvalue weighted by atomic mass is 16.5. The molecule has 27 heavy (non-hydrogen) atoms. The molecule has 0 aromatic heterocycles. The van der Waals surface area contributed by atoms with Crippen molar-refractivity contribution in [1.82, 2.24) is 4.90 Å². The second kappa shape index (κ2) is 10.1. The number of carbonyl (C=O) groups excluding carboxylic acids is 1. The van der Waals surface area contributed by atoms with Gasteiger partial charge < -0.3 is 14.4 Å². The van der Waals surface area contributed by atoms with Crippen LogP contribution in [0.1, 0.15) is 76.7 Å². The zero-order valence-corrected chi connectivity index (χ0v) is 17.0. The maximum absolute atomic E-state index is 12.4. The molecular formula is C23H35NO3. The van der Waals surface area contributed by atoms with Crippen molar-refractivity contribution in [2.24, 2.45) is 0 Å². The lowest BCUT2D eigenvalue weighted by atomic mass is 9.97. The number of benzene rings is 1. The maximum atomic E-state index is 12.4. The topological polar surface area (TPSA) is 38.8 Å². The van der Waals surface area contributed by atoms with Gasteiger partial charge in [-0.2, -0.15) is 0 Å². The molecule has 1 saturated carbocycles. The molecule has 1 heterocycles. The Bertz CT molecular complexity index is 570. The lowest BCUT2D eigenvalue weighted by molar-refractivity contribution is -0.135. The van der Waals surface area contributed by atoms with Crippen molar-refractivity contribution in [3.8, 4) is 5.75 Å². The monoisotopic (exact) mass is 373 g/mol. The number of piperidine rings is 1. The highest BCUT2D eigenvalue weighted by Crippen LogP contribution is 2.25. The van der Waals surface area contributed by atoms with Gasteiger partial charge in [-0.25, -0.2) is 0 Å². The minimum absolute atomic E-state index is 0.199. The van der Waals surface area contributed by atoms with Crippen LogP contribution in [-0.4, -0.2) is 42.7 Å². The van der Waals surface area contributed by atoms with E-state index in [1.54, 1.807) is 0 Å². The van der Waals surface area contributed by atoms with Gasteiger partial charge in [-0.3, -0.25) is 4.79 Å². The summed E-state index contributed by atoms with van der Waals surface area (Å²) in [6.07, 6.45) is 9.60. The predicted octanol–water partition coefficient (Wildman–Crippen LogP) is 4.92. The van der Waals surface area contributed by atoms with Crippen LogP contribution in [0, 0.1) is 0 Å². The largest absolute Gasteiger partial charge is 0.493 e. The molecule has 1 saturated heterocycles. The summed E-state index contributed by atoms with van der Waals surface area (Å²) >= 11 is 0. The van der Waals surface area contributed by atoms with Gasteiger partial charge >= 0.3 is 0 Å². The third-order valence-electron chi connectivity index (χ3n) is 5.86. The molecule has 2 fully saturated rings. The van der Waals surface area contributed by atoms with E-state index in [4.69, 9.17) is 9.47 Å². The Hall–Kier alpha value is -1.55. The van der Waals surface area contributed by atoms with Gasteiger partial charge in [0.2, 0.25) is 5.91 Å². The molecule has 3 rings (SSSR count). The van der Waals surface area contributed by atoms with Crippen LogP contribution in [0.3, 0.4) is 0 Å². The van der Waals surface area contributed by atoms with E-state index in [0.717, 1.165) is 31.7 Å². The number of hydrogen-bond donors (Lipinski definition) is 0. The molecular weight excluding hydrogens is 338 g/mol. The fraction of sp³-hybridized carbons (Fsp3) is 0.696. The Kier molecular flexibility index (Phi) is 7.57. The predicted molar refractivity (Wildman–Crippen MR) is 108 cm³/mol. The third kappa shape index (κ3) is 6.24. The summed E-state index contributed by atoms with van der Waals surface area (Å²) in [5.74, 6) is 1.56. The summed E-state index contributed by atoms with van der Waals surface area (Å²) in [6.45, 7) is 6.44. The van der Waals surface area contributed by atoms with Gasteiger partial charge in [-0.1, -0.05) is 45.2 Å². The Morgan fingerprint density at radius 3 is 2.26 bits per heavy atom. The second-order valence-corrected chi connectivity index (χ2v) is 8.30. The average Bonchev–Trinajstić information content (AvgIpc) is 2.69. The first kappa shape index (κ1) is 20.2. The van der Waals surface area contributed by atoms with Gasteiger partial charge in [0, 0.05) is 13.1 Å². The van der Waals surface area contributed by atoms with E-state index >= 15 is 0 Å². The minimum Gasteiger partial charge on any atom is -0.493 e.